The van der Waals surface area contributed by atoms with Crippen molar-refractivity contribution in [3.63, 3.8) is 0 Å². The Hall–Kier alpha value is -5.24. The SMILES string of the molecule is c1ccc2c(c1)-c1cccc3c(-c4ccc5sc6c(-c7cc8ccccc8c8ccccc78)cccc6c5c4)ccc-2c13. The van der Waals surface area contributed by atoms with E-state index in [0.717, 1.165) is 0 Å². The number of hydrogen-bond donors (Lipinski definition) is 0. The number of hydrogen-bond acceptors (Lipinski definition) is 1. The number of benzene rings is 8. The summed E-state index contributed by atoms with van der Waals surface area (Å²) in [5.74, 6) is 0. The Morgan fingerprint density at radius 2 is 0.953 bits per heavy atom. The summed E-state index contributed by atoms with van der Waals surface area (Å²) >= 11 is 1.91. The van der Waals surface area contributed by atoms with Crippen LogP contribution in [0.3, 0.4) is 0 Å². The van der Waals surface area contributed by atoms with E-state index in [-0.39, 0.29) is 0 Å². The fraction of sp³-hybridized carbons (Fsp3) is 0. The van der Waals surface area contributed by atoms with Crippen LogP contribution in [0.5, 0.6) is 0 Å². The predicted octanol–water partition coefficient (Wildman–Crippen LogP) is 12.5. The van der Waals surface area contributed by atoms with Gasteiger partial charge in [-0.15, -0.1) is 11.3 Å². The fourth-order valence-corrected chi connectivity index (χ4v) is 8.73. The summed E-state index contributed by atoms with van der Waals surface area (Å²) in [4.78, 5) is 0. The maximum absolute atomic E-state index is 2.42. The van der Waals surface area contributed by atoms with E-state index in [9.17, 15) is 0 Å². The Morgan fingerprint density at radius 1 is 0.326 bits per heavy atom. The van der Waals surface area contributed by atoms with Gasteiger partial charge in [-0.2, -0.15) is 0 Å². The lowest BCUT2D eigenvalue weighted by atomic mass is 9.92. The van der Waals surface area contributed by atoms with E-state index in [4.69, 9.17) is 0 Å². The Labute approximate surface area is 253 Å². The predicted molar refractivity (Wildman–Crippen MR) is 187 cm³/mol. The van der Waals surface area contributed by atoms with Crippen LogP contribution in [-0.4, -0.2) is 0 Å². The average molecular weight is 561 g/mol. The molecule has 0 bridgehead atoms. The summed E-state index contributed by atoms with van der Waals surface area (Å²) < 4.78 is 2.68. The molecule has 10 rings (SSSR count). The largest absolute Gasteiger partial charge is 0.135 e. The van der Waals surface area contributed by atoms with Crippen molar-refractivity contribution in [3.8, 4) is 44.5 Å². The quantitative estimate of drug-likeness (QED) is 0.184. The van der Waals surface area contributed by atoms with Gasteiger partial charge in [0, 0.05) is 25.7 Å². The molecule has 0 radical (unpaired) electrons. The summed E-state index contributed by atoms with van der Waals surface area (Å²) in [5.41, 5.74) is 10.6. The van der Waals surface area contributed by atoms with Crippen LogP contribution in [0.1, 0.15) is 0 Å². The van der Waals surface area contributed by atoms with Crippen LogP contribution in [0, 0.1) is 0 Å². The normalized spacial score (nSPS) is 12.2. The van der Waals surface area contributed by atoms with E-state index >= 15 is 0 Å². The second-order valence-electron chi connectivity index (χ2n) is 11.6. The van der Waals surface area contributed by atoms with Crippen LogP contribution in [0.2, 0.25) is 0 Å². The van der Waals surface area contributed by atoms with E-state index in [1.807, 2.05) is 11.3 Å². The van der Waals surface area contributed by atoms with Crippen molar-refractivity contribution in [2.24, 2.45) is 0 Å². The summed E-state index contributed by atoms with van der Waals surface area (Å²) in [7, 11) is 0. The minimum absolute atomic E-state index is 1.27. The van der Waals surface area contributed by atoms with Crippen LogP contribution in [0.25, 0.3) is 97.0 Å². The van der Waals surface area contributed by atoms with E-state index in [0.29, 0.717) is 0 Å². The van der Waals surface area contributed by atoms with E-state index in [1.165, 1.54) is 97.0 Å². The van der Waals surface area contributed by atoms with Crippen molar-refractivity contribution < 1.29 is 0 Å². The summed E-state index contributed by atoms with van der Waals surface area (Å²) in [6.45, 7) is 0. The molecule has 0 atom stereocenters. The number of fused-ring (bicyclic) bond motifs is 9. The van der Waals surface area contributed by atoms with Crippen molar-refractivity contribution in [2.45, 2.75) is 0 Å². The third kappa shape index (κ3) is 3.20. The first kappa shape index (κ1) is 23.3. The molecule has 1 heterocycles. The molecule has 8 aromatic carbocycles. The average Bonchev–Trinajstić information content (AvgIpc) is 3.61. The van der Waals surface area contributed by atoms with Gasteiger partial charge in [-0.25, -0.2) is 0 Å². The van der Waals surface area contributed by atoms with Gasteiger partial charge in [-0.05, 0) is 89.5 Å². The number of rotatable bonds is 2. The highest BCUT2D eigenvalue weighted by atomic mass is 32.1. The van der Waals surface area contributed by atoms with Gasteiger partial charge in [-0.1, -0.05) is 127 Å². The molecule has 43 heavy (non-hydrogen) atoms. The van der Waals surface area contributed by atoms with E-state index < -0.39 is 0 Å². The van der Waals surface area contributed by atoms with Gasteiger partial charge in [0.15, 0.2) is 0 Å². The lowest BCUT2D eigenvalue weighted by Crippen LogP contribution is -1.85. The third-order valence-electron chi connectivity index (χ3n) is 9.41. The Kier molecular flexibility index (Phi) is 4.69. The zero-order valence-electron chi connectivity index (χ0n) is 23.3. The van der Waals surface area contributed by atoms with Crippen LogP contribution < -0.4 is 0 Å². The Balaban J connectivity index is 1.20. The van der Waals surface area contributed by atoms with Gasteiger partial charge in [0.1, 0.15) is 0 Å². The van der Waals surface area contributed by atoms with Gasteiger partial charge in [0.25, 0.3) is 0 Å². The van der Waals surface area contributed by atoms with Crippen molar-refractivity contribution in [2.75, 3.05) is 0 Å². The molecule has 1 aliphatic rings. The van der Waals surface area contributed by atoms with Crippen molar-refractivity contribution in [3.05, 3.63) is 146 Å². The van der Waals surface area contributed by atoms with Crippen molar-refractivity contribution in [1.29, 1.82) is 0 Å². The Morgan fingerprint density at radius 3 is 1.81 bits per heavy atom. The molecule has 1 aromatic heterocycles. The molecule has 9 aromatic rings. The molecule has 0 saturated carbocycles. The standard InChI is InChI=1S/C42H24S/c1-2-10-27-25(9-1)23-38(32-14-6-3-11-29(27)32)36-17-8-18-37-39-24-26(19-22-40(39)43-42(36)37)28-20-21-35-31-13-5-4-12-30(31)34-16-7-15-33(28)41(34)35/h1-24H. The molecule has 0 unspecified atom stereocenters. The van der Waals surface area contributed by atoms with Gasteiger partial charge >= 0.3 is 0 Å². The van der Waals surface area contributed by atoms with Crippen LogP contribution in [0.4, 0.5) is 0 Å². The zero-order valence-corrected chi connectivity index (χ0v) is 24.1. The molecule has 1 aliphatic carbocycles. The first-order chi connectivity index (χ1) is 21.3. The second kappa shape index (κ2) is 8.64. The Bertz CT molecular complexity index is 2590. The fourth-order valence-electron chi connectivity index (χ4n) is 7.52. The maximum Gasteiger partial charge on any atom is 0.0434 e. The summed E-state index contributed by atoms with van der Waals surface area (Å²) in [6.07, 6.45) is 0. The monoisotopic (exact) mass is 560 g/mol. The highest BCUT2D eigenvalue weighted by Gasteiger charge is 2.22. The second-order valence-corrected chi connectivity index (χ2v) is 12.7. The smallest absolute Gasteiger partial charge is 0.0434 e. The molecule has 0 nitrogen and oxygen atoms in total. The molecule has 1 heteroatoms. The zero-order chi connectivity index (χ0) is 28.1. The topological polar surface area (TPSA) is 0 Å². The van der Waals surface area contributed by atoms with Crippen LogP contribution >= 0.6 is 11.3 Å². The third-order valence-corrected chi connectivity index (χ3v) is 10.6. The summed E-state index contributed by atoms with van der Waals surface area (Å²) in [6, 6.07) is 54.1. The van der Waals surface area contributed by atoms with Crippen molar-refractivity contribution >= 4 is 63.8 Å². The molecule has 0 amide bonds. The molecule has 0 aliphatic heterocycles. The van der Waals surface area contributed by atoms with Gasteiger partial charge in [-0.3, -0.25) is 0 Å². The molecule has 0 N–H and O–H groups in total. The molecule has 0 fully saturated rings. The number of thiophene rings is 1. The van der Waals surface area contributed by atoms with Gasteiger partial charge < -0.3 is 0 Å². The first-order valence-corrected chi connectivity index (χ1v) is 15.7. The van der Waals surface area contributed by atoms with E-state index in [1.54, 1.807) is 0 Å². The van der Waals surface area contributed by atoms with Gasteiger partial charge in [0.2, 0.25) is 0 Å². The highest BCUT2D eigenvalue weighted by molar-refractivity contribution is 7.26. The summed E-state index contributed by atoms with van der Waals surface area (Å²) in [5, 5.41) is 10.6. The molecular formula is C42H24S. The van der Waals surface area contributed by atoms with Crippen LogP contribution in [0.15, 0.2) is 146 Å². The minimum atomic E-state index is 1.27. The molecule has 0 saturated heterocycles. The molecule has 198 valence electrons. The first-order valence-electron chi connectivity index (χ1n) is 14.9. The van der Waals surface area contributed by atoms with Crippen molar-refractivity contribution in [1.82, 2.24) is 0 Å². The van der Waals surface area contributed by atoms with E-state index in [2.05, 4.69) is 146 Å². The maximum atomic E-state index is 2.42. The molecular weight excluding hydrogens is 537 g/mol. The highest BCUT2D eigenvalue weighted by Crippen LogP contribution is 2.50. The minimum Gasteiger partial charge on any atom is -0.135 e. The van der Waals surface area contributed by atoms with Crippen LogP contribution in [-0.2, 0) is 0 Å². The lowest BCUT2D eigenvalue weighted by molar-refractivity contribution is 1.69. The van der Waals surface area contributed by atoms with Gasteiger partial charge in [0.05, 0.1) is 0 Å². The lowest BCUT2D eigenvalue weighted by Gasteiger charge is -2.12. The molecule has 0 spiro atoms.